The number of halogens is 1. The topological polar surface area (TPSA) is 80.4 Å². The molecular weight excluding hydrogens is 343 g/mol. The Hall–Kier alpha value is -2.48. The molecule has 0 aliphatic heterocycles. The number of rotatable bonds is 7. The monoisotopic (exact) mass is 360 g/mol. The van der Waals surface area contributed by atoms with Crippen LogP contribution >= 0.6 is 11.8 Å². The molecule has 6 nitrogen and oxygen atoms in total. The first-order valence-electron chi connectivity index (χ1n) is 7.96. The fourth-order valence-electron chi connectivity index (χ4n) is 2.38. The van der Waals surface area contributed by atoms with E-state index in [0.29, 0.717) is 28.5 Å². The molecule has 0 bridgehead atoms. The lowest BCUT2D eigenvalue weighted by molar-refractivity contribution is -0.136. The van der Waals surface area contributed by atoms with E-state index in [4.69, 9.17) is 0 Å². The molecule has 0 spiro atoms. The summed E-state index contributed by atoms with van der Waals surface area (Å²) in [6.07, 6.45) is 2.37. The molecular formula is C17H17FN4O2S. The van der Waals surface area contributed by atoms with Crippen LogP contribution in [0.4, 0.5) is 4.39 Å². The molecule has 0 radical (unpaired) electrons. The summed E-state index contributed by atoms with van der Waals surface area (Å²) >= 11 is 1.21. The average Bonchev–Trinajstić information content (AvgIpc) is 3.02. The van der Waals surface area contributed by atoms with E-state index in [0.717, 1.165) is 12.8 Å². The predicted molar refractivity (Wildman–Crippen MR) is 93.0 cm³/mol. The number of carboxylic acids is 1. The minimum Gasteiger partial charge on any atom is -0.480 e. The molecule has 8 heteroatoms. The highest BCUT2D eigenvalue weighted by Crippen LogP contribution is 2.26. The third kappa shape index (κ3) is 3.96. The molecule has 3 rings (SSSR count). The van der Waals surface area contributed by atoms with Crippen LogP contribution in [-0.4, -0.2) is 36.1 Å². The van der Waals surface area contributed by atoms with E-state index in [1.807, 2.05) is 6.92 Å². The number of aliphatic carboxylic acids is 1. The lowest BCUT2D eigenvalue weighted by atomic mass is 10.2. The summed E-state index contributed by atoms with van der Waals surface area (Å²) in [5.74, 6) is -0.692. The Balaban J connectivity index is 1.92. The summed E-state index contributed by atoms with van der Waals surface area (Å²) in [5, 5.41) is 22.0. The number of thioether (sulfide) groups is 1. The molecule has 1 aromatic carbocycles. The summed E-state index contributed by atoms with van der Waals surface area (Å²) in [6.45, 7) is 2.03. The van der Waals surface area contributed by atoms with Gasteiger partial charge in [-0.15, -0.1) is 10.2 Å². The third-order valence-electron chi connectivity index (χ3n) is 3.70. The Labute approximate surface area is 148 Å². The first-order chi connectivity index (χ1) is 12.1. The van der Waals surface area contributed by atoms with Crippen LogP contribution < -0.4 is 0 Å². The number of unbranched alkanes of at least 4 members (excludes halogenated alkanes) is 1. The molecule has 2 heterocycles. The fraction of sp³-hybridized carbons (Fsp3) is 0.294. The first-order valence-corrected chi connectivity index (χ1v) is 8.84. The van der Waals surface area contributed by atoms with E-state index in [1.54, 1.807) is 28.8 Å². The van der Waals surface area contributed by atoms with Gasteiger partial charge in [0.25, 0.3) is 0 Å². The maximum Gasteiger partial charge on any atom is 0.317 e. The van der Waals surface area contributed by atoms with Crippen molar-refractivity contribution in [2.75, 3.05) is 0 Å². The standard InChI is InChI=1S/C17H17FN4O2S/c1-2-3-4-13(17(23)24)25-15-10-9-14-19-20-16(22(14)21-15)11-5-7-12(18)8-6-11/h5-10,13H,2-4H2,1H3,(H,23,24)/t13-/m0/s1. The van der Waals surface area contributed by atoms with Crippen LogP contribution in [-0.2, 0) is 4.79 Å². The maximum absolute atomic E-state index is 13.1. The SMILES string of the molecule is CCCC[C@H](Sc1ccc2nnc(-c3ccc(F)cc3)n2n1)C(=O)O. The van der Waals surface area contributed by atoms with Gasteiger partial charge in [0.15, 0.2) is 11.5 Å². The zero-order valence-electron chi connectivity index (χ0n) is 13.6. The van der Waals surface area contributed by atoms with Crippen LogP contribution in [0, 0.1) is 5.82 Å². The molecule has 1 N–H and O–H groups in total. The molecule has 0 saturated carbocycles. The number of carbonyl (C=O) groups is 1. The highest BCUT2D eigenvalue weighted by atomic mass is 32.2. The van der Waals surface area contributed by atoms with Gasteiger partial charge in [0.2, 0.25) is 0 Å². The van der Waals surface area contributed by atoms with Crippen molar-refractivity contribution >= 4 is 23.4 Å². The van der Waals surface area contributed by atoms with Gasteiger partial charge >= 0.3 is 5.97 Å². The van der Waals surface area contributed by atoms with Crippen LogP contribution in [0.3, 0.4) is 0 Å². The number of nitrogens with zero attached hydrogens (tertiary/aromatic N) is 4. The van der Waals surface area contributed by atoms with Crippen molar-refractivity contribution in [2.24, 2.45) is 0 Å². The molecule has 1 atom stereocenters. The molecule has 2 aromatic heterocycles. The molecule has 130 valence electrons. The van der Waals surface area contributed by atoms with Crippen molar-refractivity contribution in [1.29, 1.82) is 0 Å². The predicted octanol–water partition coefficient (Wildman–Crippen LogP) is 3.67. The van der Waals surface area contributed by atoms with Crippen molar-refractivity contribution < 1.29 is 14.3 Å². The summed E-state index contributed by atoms with van der Waals surface area (Å²) in [6, 6.07) is 9.39. The van der Waals surface area contributed by atoms with E-state index in [1.165, 1.54) is 23.9 Å². The van der Waals surface area contributed by atoms with Gasteiger partial charge in [0.1, 0.15) is 16.1 Å². The molecule has 0 aliphatic carbocycles. The van der Waals surface area contributed by atoms with Crippen LogP contribution in [0.25, 0.3) is 17.0 Å². The van der Waals surface area contributed by atoms with Gasteiger partial charge in [-0.2, -0.15) is 9.61 Å². The highest BCUT2D eigenvalue weighted by molar-refractivity contribution is 8.00. The van der Waals surface area contributed by atoms with Crippen LogP contribution in [0.2, 0.25) is 0 Å². The largest absolute Gasteiger partial charge is 0.480 e. The quantitative estimate of drug-likeness (QED) is 0.648. The molecule has 0 amide bonds. The Morgan fingerprint density at radius 1 is 1.24 bits per heavy atom. The van der Waals surface area contributed by atoms with Gasteiger partial charge in [0.05, 0.1) is 0 Å². The maximum atomic E-state index is 13.1. The minimum absolute atomic E-state index is 0.331. The summed E-state index contributed by atoms with van der Waals surface area (Å²) < 4.78 is 14.7. The summed E-state index contributed by atoms with van der Waals surface area (Å²) in [5.41, 5.74) is 1.23. The molecule has 0 saturated heterocycles. The Morgan fingerprint density at radius 3 is 2.68 bits per heavy atom. The second-order valence-corrected chi connectivity index (χ2v) is 6.78. The van der Waals surface area contributed by atoms with E-state index in [-0.39, 0.29) is 5.82 Å². The van der Waals surface area contributed by atoms with E-state index >= 15 is 0 Å². The van der Waals surface area contributed by atoms with Gasteiger partial charge < -0.3 is 5.11 Å². The molecule has 3 aromatic rings. The number of aromatic nitrogens is 4. The van der Waals surface area contributed by atoms with Crippen LogP contribution in [0.1, 0.15) is 26.2 Å². The second kappa shape index (κ2) is 7.60. The van der Waals surface area contributed by atoms with Crippen molar-refractivity contribution in [3.63, 3.8) is 0 Å². The Bertz CT molecular complexity index is 882. The number of carboxylic acid groups (broad SMARTS) is 1. The number of benzene rings is 1. The average molecular weight is 360 g/mol. The second-order valence-electron chi connectivity index (χ2n) is 5.56. The molecule has 0 aliphatic rings. The molecule has 0 fully saturated rings. The number of fused-ring (bicyclic) bond motifs is 1. The lowest BCUT2D eigenvalue weighted by Gasteiger charge is -2.10. The van der Waals surface area contributed by atoms with E-state index < -0.39 is 11.2 Å². The smallest absolute Gasteiger partial charge is 0.317 e. The Kier molecular flexibility index (Phi) is 5.28. The van der Waals surface area contributed by atoms with Gasteiger partial charge in [-0.3, -0.25) is 4.79 Å². The van der Waals surface area contributed by atoms with Gasteiger partial charge in [-0.05, 0) is 42.8 Å². The normalized spacial score (nSPS) is 12.4. The molecule has 0 unspecified atom stereocenters. The number of hydrogen-bond acceptors (Lipinski definition) is 5. The van der Waals surface area contributed by atoms with Gasteiger partial charge in [-0.1, -0.05) is 31.5 Å². The zero-order valence-corrected chi connectivity index (χ0v) is 14.4. The highest BCUT2D eigenvalue weighted by Gasteiger charge is 2.20. The van der Waals surface area contributed by atoms with E-state index in [9.17, 15) is 14.3 Å². The van der Waals surface area contributed by atoms with Crippen LogP contribution in [0.15, 0.2) is 41.4 Å². The van der Waals surface area contributed by atoms with Gasteiger partial charge in [-0.25, -0.2) is 4.39 Å². The summed E-state index contributed by atoms with van der Waals surface area (Å²) in [7, 11) is 0. The van der Waals surface area contributed by atoms with Crippen molar-refractivity contribution in [1.82, 2.24) is 19.8 Å². The first kappa shape index (κ1) is 17.3. The van der Waals surface area contributed by atoms with Crippen molar-refractivity contribution in [3.8, 4) is 11.4 Å². The van der Waals surface area contributed by atoms with Gasteiger partial charge in [0, 0.05) is 5.56 Å². The minimum atomic E-state index is -0.845. The van der Waals surface area contributed by atoms with Crippen molar-refractivity contribution in [2.45, 2.75) is 36.5 Å². The fourth-order valence-corrected chi connectivity index (χ4v) is 3.33. The lowest BCUT2D eigenvalue weighted by Crippen LogP contribution is -2.16. The van der Waals surface area contributed by atoms with Crippen molar-refractivity contribution in [3.05, 3.63) is 42.2 Å². The third-order valence-corrected chi connectivity index (χ3v) is 4.88. The Morgan fingerprint density at radius 2 is 2.00 bits per heavy atom. The van der Waals surface area contributed by atoms with E-state index in [2.05, 4.69) is 15.3 Å². The van der Waals surface area contributed by atoms with Crippen LogP contribution in [0.5, 0.6) is 0 Å². The summed E-state index contributed by atoms with van der Waals surface area (Å²) in [4.78, 5) is 11.4. The molecule has 25 heavy (non-hydrogen) atoms. The zero-order chi connectivity index (χ0) is 17.8. The number of hydrogen-bond donors (Lipinski definition) is 1.